The van der Waals surface area contributed by atoms with Crippen LogP contribution in [-0.4, -0.2) is 15.5 Å². The molecule has 130 valence electrons. The molecule has 1 amide bonds. The zero-order valence-corrected chi connectivity index (χ0v) is 14.2. The minimum Gasteiger partial charge on any atom is -0.448 e. The zero-order chi connectivity index (χ0) is 18.1. The van der Waals surface area contributed by atoms with Crippen LogP contribution in [0.25, 0.3) is 22.1 Å². The predicted octanol–water partition coefficient (Wildman–Crippen LogP) is 3.34. The van der Waals surface area contributed by atoms with E-state index in [2.05, 4.69) is 10.3 Å². The Morgan fingerprint density at radius 3 is 2.77 bits per heavy atom. The minimum atomic E-state index is -0.370. The first-order valence-electron chi connectivity index (χ1n) is 8.42. The smallest absolute Gasteiger partial charge is 0.297 e. The van der Waals surface area contributed by atoms with E-state index in [9.17, 15) is 9.59 Å². The number of nitrogens with one attached hydrogen (secondary N) is 1. The average molecular weight is 347 g/mol. The second kappa shape index (κ2) is 6.48. The lowest BCUT2D eigenvalue weighted by molar-refractivity contribution is -0.116. The van der Waals surface area contributed by atoms with Crippen molar-refractivity contribution in [1.82, 2.24) is 9.55 Å². The fraction of sp³-hybridized carbons (Fsp3) is 0.150. The Labute approximate surface area is 149 Å². The SMILES string of the molecule is CCc1ccccc1NC(=O)Cn1cnc2c(oc3ccccc32)c1=O. The number of benzene rings is 2. The molecule has 0 aliphatic carbocycles. The van der Waals surface area contributed by atoms with Crippen molar-refractivity contribution in [2.24, 2.45) is 0 Å². The molecule has 1 N–H and O–H groups in total. The maximum absolute atomic E-state index is 12.7. The quantitative estimate of drug-likeness (QED) is 0.614. The van der Waals surface area contributed by atoms with E-state index in [1.54, 1.807) is 6.07 Å². The zero-order valence-electron chi connectivity index (χ0n) is 14.2. The summed E-state index contributed by atoms with van der Waals surface area (Å²) in [6, 6.07) is 14.9. The summed E-state index contributed by atoms with van der Waals surface area (Å²) in [7, 11) is 0. The van der Waals surface area contributed by atoms with Gasteiger partial charge in [0.2, 0.25) is 11.5 Å². The Morgan fingerprint density at radius 2 is 1.92 bits per heavy atom. The lowest BCUT2D eigenvalue weighted by atomic mass is 10.1. The van der Waals surface area contributed by atoms with Gasteiger partial charge in [-0.25, -0.2) is 4.98 Å². The summed E-state index contributed by atoms with van der Waals surface area (Å²) in [6.45, 7) is 1.89. The van der Waals surface area contributed by atoms with Crippen molar-refractivity contribution in [3.63, 3.8) is 0 Å². The lowest BCUT2D eigenvalue weighted by Crippen LogP contribution is -2.27. The third-order valence-corrected chi connectivity index (χ3v) is 4.34. The number of hydrogen-bond donors (Lipinski definition) is 1. The van der Waals surface area contributed by atoms with Crippen molar-refractivity contribution < 1.29 is 9.21 Å². The van der Waals surface area contributed by atoms with Crippen molar-refractivity contribution in [3.8, 4) is 0 Å². The third-order valence-electron chi connectivity index (χ3n) is 4.34. The first-order chi connectivity index (χ1) is 12.7. The fourth-order valence-electron chi connectivity index (χ4n) is 3.02. The highest BCUT2D eigenvalue weighted by Crippen LogP contribution is 2.24. The summed E-state index contributed by atoms with van der Waals surface area (Å²) in [5, 5.41) is 3.64. The topological polar surface area (TPSA) is 77.1 Å². The van der Waals surface area contributed by atoms with E-state index in [0.29, 0.717) is 11.1 Å². The molecule has 0 aliphatic rings. The summed E-state index contributed by atoms with van der Waals surface area (Å²) in [4.78, 5) is 29.4. The maximum Gasteiger partial charge on any atom is 0.297 e. The first kappa shape index (κ1) is 16.1. The third kappa shape index (κ3) is 2.75. The van der Waals surface area contributed by atoms with E-state index in [1.165, 1.54) is 10.9 Å². The molecule has 0 radical (unpaired) electrons. The highest BCUT2D eigenvalue weighted by Gasteiger charge is 2.15. The number of aryl methyl sites for hydroxylation is 1. The van der Waals surface area contributed by atoms with Gasteiger partial charge in [0.1, 0.15) is 17.6 Å². The van der Waals surface area contributed by atoms with E-state index < -0.39 is 0 Å². The Hall–Kier alpha value is -3.41. The van der Waals surface area contributed by atoms with Crippen LogP contribution in [0.3, 0.4) is 0 Å². The molecular weight excluding hydrogens is 330 g/mol. The van der Waals surface area contributed by atoms with Gasteiger partial charge in [0, 0.05) is 11.1 Å². The second-order valence-corrected chi connectivity index (χ2v) is 6.01. The van der Waals surface area contributed by atoms with Crippen LogP contribution in [0.5, 0.6) is 0 Å². The minimum absolute atomic E-state index is 0.128. The van der Waals surface area contributed by atoms with Crippen LogP contribution in [0.2, 0.25) is 0 Å². The van der Waals surface area contributed by atoms with Crippen LogP contribution in [-0.2, 0) is 17.8 Å². The molecule has 0 aliphatic heterocycles. The van der Waals surface area contributed by atoms with Crippen molar-refractivity contribution >= 4 is 33.7 Å². The van der Waals surface area contributed by atoms with Gasteiger partial charge in [-0.2, -0.15) is 0 Å². The van der Waals surface area contributed by atoms with Gasteiger partial charge >= 0.3 is 0 Å². The van der Waals surface area contributed by atoms with Gasteiger partial charge in [-0.1, -0.05) is 37.3 Å². The van der Waals surface area contributed by atoms with Gasteiger partial charge in [-0.3, -0.25) is 14.2 Å². The largest absolute Gasteiger partial charge is 0.448 e. The highest BCUT2D eigenvalue weighted by atomic mass is 16.3. The van der Waals surface area contributed by atoms with E-state index >= 15 is 0 Å². The van der Waals surface area contributed by atoms with Gasteiger partial charge in [0.25, 0.3) is 5.56 Å². The first-order valence-corrected chi connectivity index (χ1v) is 8.42. The van der Waals surface area contributed by atoms with Crippen molar-refractivity contribution in [2.45, 2.75) is 19.9 Å². The molecule has 0 saturated heterocycles. The molecule has 4 aromatic rings. The number of furan rings is 1. The number of amides is 1. The Bertz CT molecular complexity index is 1170. The predicted molar refractivity (Wildman–Crippen MR) is 100 cm³/mol. The molecule has 0 spiro atoms. The van der Waals surface area contributed by atoms with Gasteiger partial charge < -0.3 is 9.73 Å². The van der Waals surface area contributed by atoms with E-state index in [4.69, 9.17) is 4.42 Å². The number of hydrogen-bond acceptors (Lipinski definition) is 4. The number of para-hydroxylation sites is 2. The van der Waals surface area contributed by atoms with E-state index in [-0.39, 0.29) is 23.6 Å². The number of anilines is 1. The Balaban J connectivity index is 1.65. The fourth-order valence-corrected chi connectivity index (χ4v) is 3.02. The molecule has 6 nitrogen and oxygen atoms in total. The summed E-state index contributed by atoms with van der Waals surface area (Å²) < 4.78 is 6.89. The molecule has 26 heavy (non-hydrogen) atoms. The van der Waals surface area contributed by atoms with E-state index in [1.807, 2.05) is 49.4 Å². The molecule has 2 aromatic heterocycles. The normalized spacial score (nSPS) is 11.1. The summed E-state index contributed by atoms with van der Waals surface area (Å²) in [5.74, 6) is -0.287. The van der Waals surface area contributed by atoms with Crippen LogP contribution in [0, 0.1) is 0 Å². The van der Waals surface area contributed by atoms with E-state index in [0.717, 1.165) is 23.1 Å². The van der Waals surface area contributed by atoms with Crippen LogP contribution >= 0.6 is 0 Å². The molecule has 2 heterocycles. The number of carbonyl (C=O) groups is 1. The molecule has 2 aromatic carbocycles. The van der Waals surface area contributed by atoms with Crippen LogP contribution in [0.4, 0.5) is 5.69 Å². The number of nitrogens with zero attached hydrogens (tertiary/aromatic N) is 2. The monoisotopic (exact) mass is 347 g/mol. The molecule has 0 fully saturated rings. The molecular formula is C20H17N3O3. The standard InChI is InChI=1S/C20H17N3O3/c1-2-13-7-3-5-9-15(13)22-17(24)11-23-12-21-18-14-8-4-6-10-16(14)26-19(18)20(23)25/h3-10,12H,2,11H2,1H3,(H,22,24). The molecule has 0 unspecified atom stereocenters. The van der Waals surface area contributed by atoms with Crippen molar-refractivity contribution in [1.29, 1.82) is 0 Å². The van der Waals surface area contributed by atoms with Crippen LogP contribution in [0.15, 0.2) is 64.1 Å². The number of carbonyl (C=O) groups excluding carboxylic acids is 1. The van der Waals surface area contributed by atoms with Crippen molar-refractivity contribution in [2.75, 3.05) is 5.32 Å². The average Bonchev–Trinajstić information content (AvgIpc) is 3.04. The molecule has 6 heteroatoms. The second-order valence-electron chi connectivity index (χ2n) is 6.01. The Morgan fingerprint density at radius 1 is 1.15 bits per heavy atom. The molecule has 4 rings (SSSR count). The van der Waals surface area contributed by atoms with Gasteiger partial charge in [0.15, 0.2) is 0 Å². The van der Waals surface area contributed by atoms with Gasteiger partial charge in [-0.15, -0.1) is 0 Å². The summed E-state index contributed by atoms with van der Waals surface area (Å²) >= 11 is 0. The summed E-state index contributed by atoms with van der Waals surface area (Å²) in [5.41, 5.74) is 2.70. The lowest BCUT2D eigenvalue weighted by Gasteiger charge is -2.10. The van der Waals surface area contributed by atoms with Gasteiger partial charge in [0.05, 0.1) is 6.33 Å². The van der Waals surface area contributed by atoms with Gasteiger partial charge in [-0.05, 0) is 30.2 Å². The van der Waals surface area contributed by atoms with Crippen molar-refractivity contribution in [3.05, 3.63) is 70.8 Å². The molecule has 0 saturated carbocycles. The number of rotatable bonds is 4. The maximum atomic E-state index is 12.7. The highest BCUT2D eigenvalue weighted by molar-refractivity contribution is 6.01. The molecule has 0 bridgehead atoms. The van der Waals surface area contributed by atoms with Crippen LogP contribution in [0.1, 0.15) is 12.5 Å². The number of aromatic nitrogens is 2. The molecule has 0 atom stereocenters. The van der Waals surface area contributed by atoms with Crippen LogP contribution < -0.4 is 10.9 Å². The summed E-state index contributed by atoms with van der Waals surface area (Å²) in [6.07, 6.45) is 2.20. The number of fused-ring (bicyclic) bond motifs is 3. The Kier molecular flexibility index (Phi) is 4.01.